The maximum Gasteiger partial charge on any atom is 0.244 e. The number of nitrogens with one attached hydrogen (secondary N) is 2. The van der Waals surface area contributed by atoms with E-state index < -0.39 is 11.6 Å². The zero-order chi connectivity index (χ0) is 24.0. The molecule has 8 nitrogen and oxygen atoms in total. The molecule has 9 heteroatoms. The Bertz CT molecular complexity index is 1260. The van der Waals surface area contributed by atoms with Crippen molar-refractivity contribution in [3.8, 4) is 0 Å². The highest BCUT2D eigenvalue weighted by atomic mass is 35.5. The first-order chi connectivity index (χ1) is 16.2. The highest BCUT2D eigenvalue weighted by Gasteiger charge is 2.40. The molecule has 1 aromatic carbocycles. The molecule has 0 radical (unpaired) electrons. The van der Waals surface area contributed by atoms with Crippen LogP contribution < -0.4 is 5.32 Å². The number of hydrogen-bond acceptors (Lipinski definition) is 5. The molecule has 4 heterocycles. The second-order valence-corrected chi connectivity index (χ2v) is 10.4. The van der Waals surface area contributed by atoms with Crippen LogP contribution in [0.15, 0.2) is 30.6 Å². The van der Waals surface area contributed by atoms with Crippen molar-refractivity contribution in [3.05, 3.63) is 35.6 Å². The van der Waals surface area contributed by atoms with Gasteiger partial charge in [0.1, 0.15) is 6.04 Å². The van der Waals surface area contributed by atoms with Crippen molar-refractivity contribution in [2.75, 3.05) is 31.6 Å². The summed E-state index contributed by atoms with van der Waals surface area (Å²) in [7, 11) is 0. The van der Waals surface area contributed by atoms with E-state index in [4.69, 9.17) is 16.3 Å². The van der Waals surface area contributed by atoms with Gasteiger partial charge in [-0.05, 0) is 51.8 Å². The van der Waals surface area contributed by atoms with Crippen LogP contribution in [0.4, 0.5) is 5.69 Å². The molecule has 0 unspecified atom stereocenters. The fraction of sp³-hybridized carbons (Fsp3) is 0.480. The Morgan fingerprint density at radius 2 is 2.15 bits per heavy atom. The van der Waals surface area contributed by atoms with Gasteiger partial charge in [-0.2, -0.15) is 0 Å². The van der Waals surface area contributed by atoms with E-state index in [0.717, 1.165) is 41.2 Å². The molecule has 34 heavy (non-hydrogen) atoms. The number of carbonyl (C=O) groups excluding carboxylic acids is 2. The van der Waals surface area contributed by atoms with Gasteiger partial charge in [0.05, 0.1) is 41.7 Å². The van der Waals surface area contributed by atoms with Gasteiger partial charge in [0, 0.05) is 41.1 Å². The molecule has 2 amide bonds. The van der Waals surface area contributed by atoms with E-state index in [1.54, 1.807) is 18.5 Å². The third-order valence-electron chi connectivity index (χ3n) is 6.90. The van der Waals surface area contributed by atoms with Gasteiger partial charge in [0.15, 0.2) is 0 Å². The molecule has 2 atom stereocenters. The van der Waals surface area contributed by atoms with Gasteiger partial charge in [-0.1, -0.05) is 11.6 Å². The molecule has 2 aromatic heterocycles. The molecule has 0 spiro atoms. The average molecular weight is 484 g/mol. The predicted octanol–water partition coefficient (Wildman–Crippen LogP) is 3.80. The Morgan fingerprint density at radius 1 is 1.32 bits per heavy atom. The van der Waals surface area contributed by atoms with Gasteiger partial charge in [-0.25, -0.2) is 0 Å². The number of nitrogens with zero attached hydrogens (tertiary/aromatic N) is 3. The predicted molar refractivity (Wildman–Crippen MR) is 133 cm³/mol. The summed E-state index contributed by atoms with van der Waals surface area (Å²) < 4.78 is 5.98. The van der Waals surface area contributed by atoms with Gasteiger partial charge in [0.25, 0.3) is 0 Å². The number of amides is 2. The van der Waals surface area contributed by atoms with Gasteiger partial charge in [-0.15, -0.1) is 0 Å². The summed E-state index contributed by atoms with van der Waals surface area (Å²) in [6.07, 6.45) is 5.52. The Hall–Kier alpha value is -2.68. The second-order valence-electron chi connectivity index (χ2n) is 9.98. The zero-order valence-corrected chi connectivity index (χ0v) is 20.5. The van der Waals surface area contributed by atoms with Crippen molar-refractivity contribution < 1.29 is 14.3 Å². The number of fused-ring (bicyclic) bond motifs is 3. The largest absolute Gasteiger partial charge is 0.372 e. The number of rotatable bonds is 4. The number of hydrogen-bond donors (Lipinski definition) is 2. The topological polar surface area (TPSA) is 90.6 Å². The van der Waals surface area contributed by atoms with E-state index >= 15 is 0 Å². The average Bonchev–Trinajstić information content (AvgIpc) is 3.37. The maximum atomic E-state index is 13.5. The summed E-state index contributed by atoms with van der Waals surface area (Å²) >= 11 is 6.41. The monoisotopic (exact) mass is 483 g/mol. The molecule has 0 bridgehead atoms. The number of halogens is 1. The van der Waals surface area contributed by atoms with Crippen LogP contribution in [0.1, 0.15) is 33.6 Å². The first-order valence-corrected chi connectivity index (χ1v) is 12.1. The van der Waals surface area contributed by atoms with E-state index in [1.807, 2.05) is 35.8 Å². The summed E-state index contributed by atoms with van der Waals surface area (Å²) in [5.41, 5.74) is 1.80. The van der Waals surface area contributed by atoms with Gasteiger partial charge in [-0.3, -0.25) is 19.5 Å². The maximum absolute atomic E-state index is 13.5. The van der Waals surface area contributed by atoms with Gasteiger partial charge >= 0.3 is 0 Å². The third kappa shape index (κ3) is 4.37. The Balaban J connectivity index is 1.41. The molecule has 5 rings (SSSR count). The molecule has 180 valence electrons. The fourth-order valence-corrected chi connectivity index (χ4v) is 5.38. The van der Waals surface area contributed by atoms with Crippen LogP contribution >= 0.6 is 11.6 Å². The van der Waals surface area contributed by atoms with Crippen molar-refractivity contribution in [3.63, 3.8) is 0 Å². The number of ether oxygens (including phenoxy) is 1. The number of likely N-dealkylation sites (tertiary alicyclic amines) is 1. The van der Waals surface area contributed by atoms with E-state index in [2.05, 4.69) is 22.2 Å². The van der Waals surface area contributed by atoms with Crippen LogP contribution in [0.2, 0.25) is 5.02 Å². The second kappa shape index (κ2) is 8.83. The molecular formula is C25H30ClN5O3. The lowest BCUT2D eigenvalue weighted by atomic mass is 10.0. The highest BCUT2D eigenvalue weighted by Crippen LogP contribution is 2.33. The molecule has 0 saturated carbocycles. The quantitative estimate of drug-likeness (QED) is 0.589. The van der Waals surface area contributed by atoms with Crippen molar-refractivity contribution in [1.82, 2.24) is 19.8 Å². The summed E-state index contributed by atoms with van der Waals surface area (Å²) in [6, 6.07) is 5.18. The lowest BCUT2D eigenvalue weighted by Crippen LogP contribution is -2.60. The number of carbonyl (C=O) groups is 2. The number of pyridine rings is 1. The lowest BCUT2D eigenvalue weighted by Gasteiger charge is -2.43. The van der Waals surface area contributed by atoms with Crippen molar-refractivity contribution >= 4 is 50.9 Å². The van der Waals surface area contributed by atoms with Crippen molar-refractivity contribution in [2.45, 2.75) is 51.3 Å². The molecule has 2 aliphatic rings. The third-order valence-corrected chi connectivity index (χ3v) is 7.12. The number of morpholine rings is 1. The summed E-state index contributed by atoms with van der Waals surface area (Å²) in [4.78, 5) is 37.9. The van der Waals surface area contributed by atoms with Crippen LogP contribution in [0.25, 0.3) is 21.8 Å². The molecule has 3 aromatic rings. The molecule has 2 saturated heterocycles. The minimum Gasteiger partial charge on any atom is -0.372 e. The smallest absolute Gasteiger partial charge is 0.244 e. The molecular weight excluding hydrogens is 454 g/mol. The normalized spacial score (nSPS) is 23.0. The van der Waals surface area contributed by atoms with Crippen molar-refractivity contribution in [1.29, 1.82) is 0 Å². The van der Waals surface area contributed by atoms with Crippen LogP contribution in [-0.4, -0.2) is 75.5 Å². The van der Waals surface area contributed by atoms with Gasteiger partial charge < -0.3 is 19.9 Å². The number of H-pyrrole nitrogens is 1. The van der Waals surface area contributed by atoms with Crippen LogP contribution in [0.5, 0.6) is 0 Å². The van der Waals surface area contributed by atoms with E-state index in [0.29, 0.717) is 17.3 Å². The minimum atomic E-state index is -0.588. The van der Waals surface area contributed by atoms with Crippen molar-refractivity contribution in [2.24, 2.45) is 0 Å². The molecule has 0 aliphatic carbocycles. The number of benzene rings is 1. The SMILES string of the molecule is C[C@H]1CCCN1C(=O)CN1CC(C)(C)OC[C@H]1C(=O)Nc1cc(Cl)cc2c1[nH]c1cnccc12. The molecule has 2 aliphatic heterocycles. The Kier molecular flexibility index (Phi) is 6.00. The molecule has 2 fully saturated rings. The zero-order valence-electron chi connectivity index (χ0n) is 19.7. The number of aromatic nitrogens is 2. The highest BCUT2D eigenvalue weighted by molar-refractivity contribution is 6.33. The first-order valence-electron chi connectivity index (χ1n) is 11.8. The lowest BCUT2D eigenvalue weighted by molar-refractivity contribution is -0.150. The van der Waals surface area contributed by atoms with E-state index in [-0.39, 0.29) is 31.0 Å². The molecule has 2 N–H and O–H groups in total. The summed E-state index contributed by atoms with van der Waals surface area (Å²) in [6.45, 7) is 7.72. The Labute approximate surface area is 203 Å². The van der Waals surface area contributed by atoms with Gasteiger partial charge in [0.2, 0.25) is 11.8 Å². The Morgan fingerprint density at radius 3 is 2.91 bits per heavy atom. The van der Waals surface area contributed by atoms with Crippen LogP contribution in [0, 0.1) is 0 Å². The van der Waals surface area contributed by atoms with Crippen LogP contribution in [-0.2, 0) is 14.3 Å². The summed E-state index contributed by atoms with van der Waals surface area (Å²) in [5, 5.41) is 5.47. The standard InChI is InChI=1S/C25H30ClN5O3/c1-15-5-4-8-31(15)22(32)12-30-14-25(2,3)34-13-21(30)24(33)29-19-10-16(26)9-18-17-6-7-27-11-20(17)28-23(18)19/h6-7,9-11,15,21,28H,4-5,8,12-14H2,1-3H3,(H,29,33)/t15-,21-/m0/s1. The minimum absolute atomic E-state index is 0.0637. The first kappa shape index (κ1) is 23.1. The van der Waals surface area contributed by atoms with Crippen LogP contribution in [0.3, 0.4) is 0 Å². The van der Waals surface area contributed by atoms with E-state index in [9.17, 15) is 9.59 Å². The number of anilines is 1. The number of aromatic amines is 1. The summed E-state index contributed by atoms with van der Waals surface area (Å²) in [5.74, 6) is -0.160. The fourth-order valence-electron chi connectivity index (χ4n) is 5.16. The van der Waals surface area contributed by atoms with E-state index in [1.165, 1.54) is 0 Å².